The number of aromatic amines is 1. The van der Waals surface area contributed by atoms with Gasteiger partial charge in [-0.1, -0.05) is 78.9 Å². The molecule has 5 aromatic rings. The number of benzene rings is 4. The SMILES string of the molecule is CN(c1ccccc1)C(c1cccc2ccccc12)c1c[nH]c2ccccc12. The molecule has 0 aliphatic carbocycles. The van der Waals surface area contributed by atoms with Gasteiger partial charge in [-0.15, -0.1) is 0 Å². The van der Waals surface area contributed by atoms with Gasteiger partial charge in [0.15, 0.2) is 0 Å². The molecule has 0 saturated carbocycles. The number of H-pyrrole nitrogens is 1. The summed E-state index contributed by atoms with van der Waals surface area (Å²) in [5.74, 6) is 0. The van der Waals surface area contributed by atoms with Gasteiger partial charge in [0.25, 0.3) is 0 Å². The van der Waals surface area contributed by atoms with Crippen molar-refractivity contribution in [3.05, 3.63) is 114 Å². The molecule has 1 N–H and O–H groups in total. The molecule has 2 heteroatoms. The quantitative estimate of drug-likeness (QED) is 0.384. The van der Waals surface area contributed by atoms with Crippen molar-refractivity contribution in [1.29, 1.82) is 0 Å². The molecule has 136 valence electrons. The summed E-state index contributed by atoms with van der Waals surface area (Å²) in [6.45, 7) is 0. The topological polar surface area (TPSA) is 19.0 Å². The first-order chi connectivity index (χ1) is 13.8. The standard InChI is InChI=1S/C26H22N2/c1-28(20-12-3-2-4-13-20)26(24-18-27-25-17-8-7-15-22(24)25)23-16-9-11-19-10-5-6-14-21(19)23/h2-18,26-27H,1H3. The summed E-state index contributed by atoms with van der Waals surface area (Å²) in [7, 11) is 2.18. The van der Waals surface area contributed by atoms with Crippen molar-refractivity contribution in [3.8, 4) is 0 Å². The zero-order valence-electron chi connectivity index (χ0n) is 15.8. The highest BCUT2D eigenvalue weighted by molar-refractivity contribution is 5.90. The largest absolute Gasteiger partial charge is 0.363 e. The molecule has 0 fully saturated rings. The number of anilines is 1. The Morgan fingerprint density at radius 2 is 1.32 bits per heavy atom. The Hall–Kier alpha value is -3.52. The van der Waals surface area contributed by atoms with Gasteiger partial charge in [-0.25, -0.2) is 0 Å². The maximum absolute atomic E-state index is 3.47. The highest BCUT2D eigenvalue weighted by Gasteiger charge is 2.24. The molecule has 5 rings (SSSR count). The molecule has 4 aromatic carbocycles. The van der Waals surface area contributed by atoms with E-state index in [9.17, 15) is 0 Å². The second-order valence-corrected chi connectivity index (χ2v) is 7.21. The number of hydrogen-bond donors (Lipinski definition) is 1. The van der Waals surface area contributed by atoms with Gasteiger partial charge in [0.05, 0.1) is 6.04 Å². The molecule has 2 nitrogen and oxygen atoms in total. The Labute approximate surface area is 165 Å². The second kappa shape index (κ2) is 6.90. The first kappa shape index (κ1) is 16.6. The van der Waals surface area contributed by atoms with E-state index in [0.717, 1.165) is 0 Å². The fourth-order valence-corrected chi connectivity index (χ4v) is 4.21. The molecule has 1 atom stereocenters. The van der Waals surface area contributed by atoms with Crippen LogP contribution in [0.1, 0.15) is 17.2 Å². The third-order valence-electron chi connectivity index (χ3n) is 5.58. The average Bonchev–Trinajstić information content (AvgIpc) is 3.19. The van der Waals surface area contributed by atoms with E-state index in [1.165, 1.54) is 38.5 Å². The first-order valence-corrected chi connectivity index (χ1v) is 9.64. The van der Waals surface area contributed by atoms with E-state index < -0.39 is 0 Å². The summed E-state index contributed by atoms with van der Waals surface area (Å²) in [4.78, 5) is 5.84. The van der Waals surface area contributed by atoms with Crippen LogP contribution in [-0.2, 0) is 0 Å². The van der Waals surface area contributed by atoms with E-state index >= 15 is 0 Å². The number of nitrogens with one attached hydrogen (secondary N) is 1. The summed E-state index contributed by atoms with van der Waals surface area (Å²) in [6, 6.07) is 34.5. The van der Waals surface area contributed by atoms with E-state index in [0.29, 0.717) is 0 Å². The Bertz CT molecular complexity index is 1230. The molecule has 1 aromatic heterocycles. The van der Waals surface area contributed by atoms with E-state index in [4.69, 9.17) is 0 Å². The third-order valence-corrected chi connectivity index (χ3v) is 5.58. The maximum Gasteiger partial charge on any atom is 0.0819 e. The Kier molecular flexibility index (Phi) is 4.10. The molecule has 0 amide bonds. The third kappa shape index (κ3) is 2.74. The minimum atomic E-state index is 0.102. The zero-order valence-corrected chi connectivity index (χ0v) is 15.8. The van der Waals surface area contributed by atoms with Crippen LogP contribution in [0.15, 0.2) is 103 Å². The lowest BCUT2D eigenvalue weighted by atomic mass is 9.92. The number of aromatic nitrogens is 1. The van der Waals surface area contributed by atoms with Gasteiger partial charge in [-0.05, 0) is 34.5 Å². The molecule has 0 bridgehead atoms. The summed E-state index contributed by atoms with van der Waals surface area (Å²) >= 11 is 0. The number of rotatable bonds is 4. The molecule has 1 heterocycles. The van der Waals surface area contributed by atoms with Crippen LogP contribution < -0.4 is 4.90 Å². The van der Waals surface area contributed by atoms with Crippen LogP contribution in [0, 0.1) is 0 Å². The van der Waals surface area contributed by atoms with E-state index in [1.54, 1.807) is 0 Å². The normalized spacial score (nSPS) is 12.3. The maximum atomic E-state index is 3.47. The fraction of sp³-hybridized carbons (Fsp3) is 0.0769. The fourth-order valence-electron chi connectivity index (χ4n) is 4.21. The lowest BCUT2D eigenvalue weighted by molar-refractivity contribution is 0.795. The lowest BCUT2D eigenvalue weighted by Crippen LogP contribution is -2.25. The van der Waals surface area contributed by atoms with Crippen molar-refractivity contribution < 1.29 is 0 Å². The van der Waals surface area contributed by atoms with Crippen molar-refractivity contribution in [1.82, 2.24) is 4.98 Å². The molecule has 0 spiro atoms. The van der Waals surface area contributed by atoms with E-state index in [1.807, 2.05) is 0 Å². The monoisotopic (exact) mass is 362 g/mol. The van der Waals surface area contributed by atoms with Gasteiger partial charge in [0.2, 0.25) is 0 Å². The molecule has 28 heavy (non-hydrogen) atoms. The Morgan fingerprint density at radius 3 is 2.18 bits per heavy atom. The number of fused-ring (bicyclic) bond motifs is 2. The Balaban J connectivity index is 1.78. The van der Waals surface area contributed by atoms with Crippen LogP contribution in [0.4, 0.5) is 5.69 Å². The van der Waals surface area contributed by atoms with Gasteiger partial charge in [-0.2, -0.15) is 0 Å². The number of nitrogens with zero attached hydrogens (tertiary/aromatic N) is 1. The second-order valence-electron chi connectivity index (χ2n) is 7.21. The zero-order chi connectivity index (χ0) is 18.9. The highest BCUT2D eigenvalue weighted by Crippen LogP contribution is 2.38. The molecule has 0 radical (unpaired) electrons. The van der Waals surface area contributed by atoms with Gasteiger partial charge >= 0.3 is 0 Å². The van der Waals surface area contributed by atoms with Crippen LogP contribution in [-0.4, -0.2) is 12.0 Å². The van der Waals surface area contributed by atoms with Gasteiger partial charge < -0.3 is 9.88 Å². The first-order valence-electron chi connectivity index (χ1n) is 9.64. The molecular formula is C26H22N2. The predicted octanol–water partition coefficient (Wildman–Crippen LogP) is 6.55. The van der Waals surface area contributed by atoms with Crippen molar-refractivity contribution in [2.24, 2.45) is 0 Å². The van der Waals surface area contributed by atoms with Crippen LogP contribution in [0.5, 0.6) is 0 Å². The molecule has 0 saturated heterocycles. The minimum absolute atomic E-state index is 0.102. The smallest absolute Gasteiger partial charge is 0.0819 e. The van der Waals surface area contributed by atoms with Gasteiger partial charge in [0, 0.05) is 35.4 Å². The predicted molar refractivity (Wildman–Crippen MR) is 119 cm³/mol. The summed E-state index contributed by atoms with van der Waals surface area (Å²) < 4.78 is 0. The summed E-state index contributed by atoms with van der Waals surface area (Å²) in [5.41, 5.74) is 4.97. The number of para-hydroxylation sites is 2. The Morgan fingerprint density at radius 1 is 0.643 bits per heavy atom. The van der Waals surface area contributed by atoms with E-state index in [2.05, 4.69) is 120 Å². The molecule has 0 aliphatic heterocycles. The van der Waals surface area contributed by atoms with Crippen molar-refractivity contribution >= 4 is 27.4 Å². The number of hydrogen-bond acceptors (Lipinski definition) is 1. The summed E-state index contributed by atoms with van der Waals surface area (Å²) in [5, 5.41) is 3.83. The molecule has 1 unspecified atom stereocenters. The molecular weight excluding hydrogens is 340 g/mol. The van der Waals surface area contributed by atoms with E-state index in [-0.39, 0.29) is 6.04 Å². The van der Waals surface area contributed by atoms with Crippen LogP contribution >= 0.6 is 0 Å². The van der Waals surface area contributed by atoms with Crippen molar-refractivity contribution in [2.75, 3.05) is 11.9 Å². The average molecular weight is 362 g/mol. The molecule has 0 aliphatic rings. The highest BCUT2D eigenvalue weighted by atomic mass is 15.1. The van der Waals surface area contributed by atoms with Gasteiger partial charge in [-0.3, -0.25) is 0 Å². The minimum Gasteiger partial charge on any atom is -0.363 e. The van der Waals surface area contributed by atoms with Crippen molar-refractivity contribution in [2.45, 2.75) is 6.04 Å². The van der Waals surface area contributed by atoms with Gasteiger partial charge in [0.1, 0.15) is 0 Å². The lowest BCUT2D eigenvalue weighted by Gasteiger charge is -2.31. The van der Waals surface area contributed by atoms with Crippen LogP contribution in [0.3, 0.4) is 0 Å². The summed E-state index contributed by atoms with van der Waals surface area (Å²) in [6.07, 6.45) is 2.16. The van der Waals surface area contributed by atoms with Crippen LogP contribution in [0.25, 0.3) is 21.7 Å². The van der Waals surface area contributed by atoms with Crippen molar-refractivity contribution in [3.63, 3.8) is 0 Å². The van der Waals surface area contributed by atoms with Crippen LogP contribution in [0.2, 0.25) is 0 Å².